The van der Waals surface area contributed by atoms with Gasteiger partial charge in [0.1, 0.15) is 5.60 Å². The molecule has 0 bridgehead atoms. The fraction of sp³-hybridized carbons (Fsp3) is 1.00. The van der Waals surface area contributed by atoms with Crippen LogP contribution in [-0.2, 0) is 18.9 Å². The van der Waals surface area contributed by atoms with Gasteiger partial charge >= 0.3 is 5.97 Å². The molecule has 0 aliphatic carbocycles. The lowest BCUT2D eigenvalue weighted by Gasteiger charge is -2.47. The topological polar surface area (TPSA) is 36.9 Å². The molecule has 13 heavy (non-hydrogen) atoms. The van der Waals surface area contributed by atoms with Gasteiger partial charge in [-0.3, -0.25) is 0 Å². The van der Waals surface area contributed by atoms with E-state index >= 15 is 0 Å². The second kappa shape index (κ2) is 3.92. The van der Waals surface area contributed by atoms with Crippen molar-refractivity contribution < 1.29 is 18.9 Å². The molecule has 0 aromatic carbocycles. The molecule has 0 aromatic heterocycles. The third-order valence-corrected chi connectivity index (χ3v) is 2.73. The van der Waals surface area contributed by atoms with Crippen LogP contribution in [0.5, 0.6) is 0 Å². The van der Waals surface area contributed by atoms with E-state index in [2.05, 4.69) is 0 Å². The highest BCUT2D eigenvalue weighted by Crippen LogP contribution is 2.38. The number of hydrogen-bond acceptors (Lipinski definition) is 4. The Labute approximate surface area is 79.1 Å². The molecule has 78 valence electrons. The summed E-state index contributed by atoms with van der Waals surface area (Å²) in [6.45, 7) is 2.57. The quantitative estimate of drug-likeness (QED) is 0.625. The van der Waals surface area contributed by atoms with Gasteiger partial charge in [-0.2, -0.15) is 0 Å². The van der Waals surface area contributed by atoms with Crippen LogP contribution < -0.4 is 0 Å². The molecule has 1 aliphatic rings. The standard InChI is InChI=1S/C9H18O4/c1-8(10-2)6-5-7-13-9(8,11-3)12-4/h5-7H2,1-4H3. The minimum absolute atomic E-state index is 0.533. The van der Waals surface area contributed by atoms with Crippen molar-refractivity contribution in [1.29, 1.82) is 0 Å². The highest BCUT2D eigenvalue weighted by Gasteiger charge is 2.53. The second-order valence-electron chi connectivity index (χ2n) is 3.35. The maximum absolute atomic E-state index is 5.50. The Morgan fingerprint density at radius 1 is 1.08 bits per heavy atom. The number of rotatable bonds is 3. The molecule has 0 spiro atoms. The maximum atomic E-state index is 5.50. The van der Waals surface area contributed by atoms with Gasteiger partial charge in [-0.05, 0) is 19.8 Å². The summed E-state index contributed by atoms with van der Waals surface area (Å²) in [7, 11) is 4.76. The summed E-state index contributed by atoms with van der Waals surface area (Å²) in [6, 6.07) is 0. The van der Waals surface area contributed by atoms with Crippen molar-refractivity contribution in [1.82, 2.24) is 0 Å². The predicted molar refractivity (Wildman–Crippen MR) is 47.3 cm³/mol. The van der Waals surface area contributed by atoms with E-state index < -0.39 is 11.6 Å². The van der Waals surface area contributed by atoms with Gasteiger partial charge in [0.15, 0.2) is 0 Å². The molecular weight excluding hydrogens is 172 g/mol. The van der Waals surface area contributed by atoms with Crippen molar-refractivity contribution in [3.63, 3.8) is 0 Å². The lowest BCUT2D eigenvalue weighted by Crippen LogP contribution is -2.60. The average molecular weight is 190 g/mol. The summed E-state index contributed by atoms with van der Waals surface area (Å²) in [5, 5.41) is 0. The van der Waals surface area contributed by atoms with E-state index in [9.17, 15) is 0 Å². The fourth-order valence-corrected chi connectivity index (χ4v) is 1.78. The SMILES string of the molecule is COC1(C)CCCOC1(OC)OC. The molecule has 1 unspecified atom stereocenters. The molecule has 1 saturated heterocycles. The maximum Gasteiger partial charge on any atom is 0.313 e. The third kappa shape index (κ3) is 1.59. The molecule has 1 heterocycles. The van der Waals surface area contributed by atoms with Gasteiger partial charge < -0.3 is 18.9 Å². The van der Waals surface area contributed by atoms with Gasteiger partial charge in [0, 0.05) is 21.3 Å². The van der Waals surface area contributed by atoms with Crippen LogP contribution >= 0.6 is 0 Å². The Morgan fingerprint density at radius 2 is 1.69 bits per heavy atom. The van der Waals surface area contributed by atoms with Crippen LogP contribution in [0.25, 0.3) is 0 Å². The second-order valence-corrected chi connectivity index (χ2v) is 3.35. The molecule has 0 saturated carbocycles. The number of ether oxygens (including phenoxy) is 4. The summed E-state index contributed by atoms with van der Waals surface area (Å²) in [5.41, 5.74) is -0.533. The first-order valence-electron chi connectivity index (χ1n) is 4.43. The van der Waals surface area contributed by atoms with Gasteiger partial charge in [-0.1, -0.05) is 0 Å². The van der Waals surface area contributed by atoms with Crippen LogP contribution in [0.4, 0.5) is 0 Å². The zero-order valence-corrected chi connectivity index (χ0v) is 8.75. The van der Waals surface area contributed by atoms with Gasteiger partial charge in [0.05, 0.1) is 6.61 Å². The highest BCUT2D eigenvalue weighted by atomic mass is 16.9. The van der Waals surface area contributed by atoms with Gasteiger partial charge in [0.25, 0.3) is 0 Å². The van der Waals surface area contributed by atoms with E-state index in [1.54, 1.807) is 21.3 Å². The monoisotopic (exact) mass is 190 g/mol. The zero-order chi connectivity index (χ0) is 9.95. The molecule has 0 aromatic rings. The van der Waals surface area contributed by atoms with Crippen molar-refractivity contribution in [2.75, 3.05) is 27.9 Å². The Kier molecular flexibility index (Phi) is 3.29. The van der Waals surface area contributed by atoms with Crippen molar-refractivity contribution in [2.24, 2.45) is 0 Å². The minimum atomic E-state index is -1.06. The van der Waals surface area contributed by atoms with Gasteiger partial charge in [-0.25, -0.2) is 0 Å². The molecule has 1 atom stereocenters. The van der Waals surface area contributed by atoms with E-state index in [0.717, 1.165) is 12.8 Å². The molecule has 1 aliphatic heterocycles. The van der Waals surface area contributed by atoms with E-state index in [4.69, 9.17) is 18.9 Å². The smallest absolute Gasteiger partial charge is 0.313 e. The lowest BCUT2D eigenvalue weighted by molar-refractivity contribution is -0.440. The molecule has 1 rings (SSSR count). The first-order chi connectivity index (χ1) is 6.14. The average Bonchev–Trinajstić information content (AvgIpc) is 2.19. The third-order valence-electron chi connectivity index (χ3n) is 2.73. The summed E-state index contributed by atoms with van der Waals surface area (Å²) in [6.07, 6.45) is 1.82. The van der Waals surface area contributed by atoms with Crippen molar-refractivity contribution in [2.45, 2.75) is 31.3 Å². The van der Waals surface area contributed by atoms with E-state index in [0.29, 0.717) is 6.61 Å². The summed E-state index contributed by atoms with van der Waals surface area (Å²) < 4.78 is 21.4. The predicted octanol–water partition coefficient (Wildman–Crippen LogP) is 1.15. The Hall–Kier alpha value is -0.160. The molecule has 0 N–H and O–H groups in total. The zero-order valence-electron chi connectivity index (χ0n) is 8.75. The van der Waals surface area contributed by atoms with Crippen LogP contribution in [0.15, 0.2) is 0 Å². The van der Waals surface area contributed by atoms with Gasteiger partial charge in [-0.15, -0.1) is 0 Å². The minimum Gasteiger partial charge on any atom is -0.370 e. The molecule has 4 nitrogen and oxygen atoms in total. The van der Waals surface area contributed by atoms with Crippen LogP contribution in [0, 0.1) is 0 Å². The first kappa shape index (κ1) is 10.9. The number of methoxy groups -OCH3 is 3. The molecule has 0 radical (unpaired) electrons. The summed E-state index contributed by atoms with van der Waals surface area (Å²) in [5.74, 6) is -1.06. The van der Waals surface area contributed by atoms with Crippen molar-refractivity contribution in [3.05, 3.63) is 0 Å². The summed E-state index contributed by atoms with van der Waals surface area (Å²) >= 11 is 0. The van der Waals surface area contributed by atoms with Crippen LogP contribution in [0.3, 0.4) is 0 Å². The highest BCUT2D eigenvalue weighted by molar-refractivity contribution is 4.89. The Bertz CT molecular complexity index is 167. The normalized spacial score (nSPS) is 33.2. The van der Waals surface area contributed by atoms with E-state index in [1.807, 2.05) is 6.92 Å². The Balaban J connectivity index is 2.87. The first-order valence-corrected chi connectivity index (χ1v) is 4.43. The largest absolute Gasteiger partial charge is 0.370 e. The molecule has 0 amide bonds. The van der Waals surface area contributed by atoms with E-state index in [-0.39, 0.29) is 0 Å². The van der Waals surface area contributed by atoms with Crippen molar-refractivity contribution >= 4 is 0 Å². The van der Waals surface area contributed by atoms with Crippen LogP contribution in [0.2, 0.25) is 0 Å². The molecule has 4 heteroatoms. The van der Waals surface area contributed by atoms with Gasteiger partial charge in [0.2, 0.25) is 0 Å². The van der Waals surface area contributed by atoms with Crippen molar-refractivity contribution in [3.8, 4) is 0 Å². The van der Waals surface area contributed by atoms with E-state index in [1.165, 1.54) is 0 Å². The molecule has 1 fully saturated rings. The lowest BCUT2D eigenvalue weighted by atomic mass is 9.94. The number of hydrogen-bond donors (Lipinski definition) is 0. The van der Waals surface area contributed by atoms with Crippen LogP contribution in [-0.4, -0.2) is 39.5 Å². The Morgan fingerprint density at radius 3 is 2.08 bits per heavy atom. The fourth-order valence-electron chi connectivity index (χ4n) is 1.78. The summed E-state index contributed by atoms with van der Waals surface area (Å²) in [4.78, 5) is 0. The van der Waals surface area contributed by atoms with Crippen LogP contribution in [0.1, 0.15) is 19.8 Å². The molecular formula is C9H18O4.